The summed E-state index contributed by atoms with van der Waals surface area (Å²) in [7, 11) is -1.98. The van der Waals surface area contributed by atoms with Crippen molar-refractivity contribution < 1.29 is 17.9 Å². The van der Waals surface area contributed by atoms with E-state index in [0.29, 0.717) is 18.7 Å². The number of methoxy groups -OCH3 is 1. The number of amides is 1. The van der Waals surface area contributed by atoms with Gasteiger partial charge in [-0.3, -0.25) is 9.10 Å². The fourth-order valence-electron chi connectivity index (χ4n) is 3.27. The van der Waals surface area contributed by atoms with E-state index in [1.54, 1.807) is 19.2 Å². The van der Waals surface area contributed by atoms with E-state index < -0.39 is 16.1 Å². The lowest BCUT2D eigenvalue weighted by molar-refractivity contribution is -0.122. The molecule has 2 aromatic carbocycles. The first kappa shape index (κ1) is 22.7. The fourth-order valence-corrected chi connectivity index (χ4v) is 4.48. The molecule has 0 radical (unpaired) electrons. The number of benzene rings is 2. The molecule has 1 amide bonds. The Hall–Kier alpha value is -2.54. The van der Waals surface area contributed by atoms with Crippen LogP contribution in [0.5, 0.6) is 5.75 Å². The fraction of sp³-hybridized carbons (Fsp3) is 0.409. The number of rotatable bonds is 10. The molecule has 0 unspecified atom stereocenters. The number of sulfonamides is 1. The normalized spacial score (nSPS) is 12.3. The Kier molecular flexibility index (Phi) is 8.08. The molecule has 2 aromatic rings. The Balaban J connectivity index is 2.04. The largest absolute Gasteiger partial charge is 0.496 e. The molecule has 0 spiro atoms. The minimum atomic E-state index is -3.61. The second-order valence-corrected chi connectivity index (χ2v) is 8.88. The summed E-state index contributed by atoms with van der Waals surface area (Å²) in [5, 5.41) is 2.89. The van der Waals surface area contributed by atoms with E-state index in [2.05, 4.69) is 5.32 Å². The van der Waals surface area contributed by atoms with Gasteiger partial charge in [-0.15, -0.1) is 0 Å². The van der Waals surface area contributed by atoms with Gasteiger partial charge in [-0.25, -0.2) is 8.42 Å². The number of para-hydroxylation sites is 1. The summed E-state index contributed by atoms with van der Waals surface area (Å²) in [6, 6.07) is 14.1. The highest BCUT2D eigenvalue weighted by molar-refractivity contribution is 7.92. The summed E-state index contributed by atoms with van der Waals surface area (Å²) in [6.45, 7) is 4.20. The summed E-state index contributed by atoms with van der Waals surface area (Å²) < 4.78 is 31.4. The van der Waals surface area contributed by atoms with Crippen LogP contribution in [-0.4, -0.2) is 40.3 Å². The Bertz CT molecular complexity index is 911. The van der Waals surface area contributed by atoms with Crippen molar-refractivity contribution >= 4 is 21.6 Å². The summed E-state index contributed by atoms with van der Waals surface area (Å²) in [5.41, 5.74) is 2.60. The van der Waals surface area contributed by atoms with E-state index in [1.165, 1.54) is 4.31 Å². The van der Waals surface area contributed by atoms with Crippen LogP contribution in [-0.2, 0) is 21.2 Å². The van der Waals surface area contributed by atoms with Gasteiger partial charge in [0.05, 0.1) is 19.1 Å². The quantitative estimate of drug-likeness (QED) is 0.601. The smallest absolute Gasteiger partial charge is 0.243 e. The monoisotopic (exact) mass is 418 g/mol. The Morgan fingerprint density at radius 2 is 1.79 bits per heavy atom. The SMILES string of the molecule is CC[C@H](C(=O)NCCCc1ccccc1OC)N(c1ccc(C)cc1)S(C)(=O)=O. The van der Waals surface area contributed by atoms with E-state index >= 15 is 0 Å². The highest BCUT2D eigenvalue weighted by Crippen LogP contribution is 2.23. The van der Waals surface area contributed by atoms with Gasteiger partial charge in [0, 0.05) is 6.54 Å². The van der Waals surface area contributed by atoms with Gasteiger partial charge in [-0.1, -0.05) is 42.8 Å². The molecular formula is C22H30N2O4S. The molecular weight excluding hydrogens is 388 g/mol. The molecule has 0 saturated heterocycles. The summed E-state index contributed by atoms with van der Waals surface area (Å²) in [6.07, 6.45) is 2.99. The van der Waals surface area contributed by atoms with Gasteiger partial charge in [0.2, 0.25) is 15.9 Å². The number of nitrogens with one attached hydrogen (secondary N) is 1. The van der Waals surface area contributed by atoms with Crippen LogP contribution in [0.2, 0.25) is 0 Å². The molecule has 29 heavy (non-hydrogen) atoms. The van der Waals surface area contributed by atoms with E-state index in [4.69, 9.17) is 4.74 Å². The molecule has 1 atom stereocenters. The maximum atomic E-state index is 12.8. The van der Waals surface area contributed by atoms with Crippen molar-refractivity contribution in [3.05, 3.63) is 59.7 Å². The first-order valence-electron chi connectivity index (χ1n) is 9.73. The first-order chi connectivity index (χ1) is 13.8. The third-order valence-corrected chi connectivity index (χ3v) is 5.91. The lowest BCUT2D eigenvalue weighted by Gasteiger charge is -2.30. The lowest BCUT2D eigenvalue weighted by atomic mass is 10.1. The highest BCUT2D eigenvalue weighted by Gasteiger charge is 2.31. The number of aryl methyl sites for hydroxylation is 2. The molecule has 0 aliphatic rings. The van der Waals surface area contributed by atoms with Gasteiger partial charge in [-0.05, 0) is 49.9 Å². The number of anilines is 1. The molecule has 0 aromatic heterocycles. The van der Waals surface area contributed by atoms with Crippen molar-refractivity contribution in [3.8, 4) is 5.75 Å². The van der Waals surface area contributed by atoms with Crippen molar-refractivity contribution in [3.63, 3.8) is 0 Å². The maximum absolute atomic E-state index is 12.8. The third kappa shape index (κ3) is 6.22. The van der Waals surface area contributed by atoms with E-state index in [-0.39, 0.29) is 5.91 Å². The number of ether oxygens (including phenoxy) is 1. The number of nitrogens with zero attached hydrogens (tertiary/aromatic N) is 1. The van der Waals surface area contributed by atoms with Crippen molar-refractivity contribution in [2.24, 2.45) is 0 Å². The van der Waals surface area contributed by atoms with E-state index in [9.17, 15) is 13.2 Å². The zero-order valence-electron chi connectivity index (χ0n) is 17.5. The second-order valence-electron chi connectivity index (χ2n) is 7.02. The molecule has 2 rings (SSSR count). The predicted octanol–water partition coefficient (Wildman–Crippen LogP) is 3.30. The van der Waals surface area contributed by atoms with E-state index in [1.807, 2.05) is 50.2 Å². The first-order valence-corrected chi connectivity index (χ1v) is 11.6. The zero-order valence-corrected chi connectivity index (χ0v) is 18.3. The highest BCUT2D eigenvalue weighted by atomic mass is 32.2. The average molecular weight is 419 g/mol. The standard InChI is InChI=1S/C22H30N2O4S/c1-5-20(24(29(4,26)27)19-14-12-17(2)13-15-19)22(25)23-16-8-10-18-9-6-7-11-21(18)28-3/h6-7,9,11-15,20H,5,8,10,16H2,1-4H3,(H,23,25)/t20-/m1/s1. The van der Waals surface area contributed by atoms with Crippen LogP contribution < -0.4 is 14.4 Å². The summed E-state index contributed by atoms with van der Waals surface area (Å²) in [5.74, 6) is 0.534. The Morgan fingerprint density at radius 3 is 2.38 bits per heavy atom. The molecule has 7 heteroatoms. The van der Waals surface area contributed by atoms with Crippen LogP contribution in [0, 0.1) is 6.92 Å². The van der Waals surface area contributed by atoms with Gasteiger partial charge in [0.15, 0.2) is 0 Å². The molecule has 1 N–H and O–H groups in total. The summed E-state index contributed by atoms with van der Waals surface area (Å²) in [4.78, 5) is 12.8. The van der Waals surface area contributed by atoms with Gasteiger partial charge in [0.25, 0.3) is 0 Å². The molecule has 158 valence electrons. The lowest BCUT2D eigenvalue weighted by Crippen LogP contribution is -2.49. The molecule has 0 saturated carbocycles. The van der Waals surface area contributed by atoms with E-state index in [0.717, 1.165) is 36.0 Å². The van der Waals surface area contributed by atoms with Crippen LogP contribution in [0.3, 0.4) is 0 Å². The summed E-state index contributed by atoms with van der Waals surface area (Å²) >= 11 is 0. The van der Waals surface area contributed by atoms with Crippen molar-refractivity contribution in [1.82, 2.24) is 5.32 Å². The van der Waals surface area contributed by atoms with Gasteiger partial charge < -0.3 is 10.1 Å². The minimum Gasteiger partial charge on any atom is -0.496 e. The van der Waals surface area contributed by atoms with Crippen LogP contribution in [0.1, 0.15) is 30.9 Å². The van der Waals surface area contributed by atoms with Gasteiger partial charge >= 0.3 is 0 Å². The molecule has 0 aliphatic heterocycles. The Morgan fingerprint density at radius 1 is 1.14 bits per heavy atom. The van der Waals surface area contributed by atoms with Crippen molar-refractivity contribution in [2.45, 2.75) is 39.2 Å². The van der Waals surface area contributed by atoms with Gasteiger partial charge in [-0.2, -0.15) is 0 Å². The predicted molar refractivity (Wildman–Crippen MR) is 117 cm³/mol. The number of carbonyl (C=O) groups excluding carboxylic acids is 1. The van der Waals surface area contributed by atoms with Crippen molar-refractivity contribution in [2.75, 3.05) is 24.2 Å². The average Bonchev–Trinajstić information content (AvgIpc) is 2.69. The number of hydrogen-bond acceptors (Lipinski definition) is 4. The van der Waals surface area contributed by atoms with Crippen LogP contribution in [0.4, 0.5) is 5.69 Å². The maximum Gasteiger partial charge on any atom is 0.243 e. The zero-order chi connectivity index (χ0) is 21.4. The molecule has 0 heterocycles. The molecule has 0 aliphatic carbocycles. The molecule has 0 fully saturated rings. The topological polar surface area (TPSA) is 75.7 Å². The van der Waals surface area contributed by atoms with Crippen LogP contribution in [0.15, 0.2) is 48.5 Å². The Labute approximate surface area is 173 Å². The molecule has 0 bridgehead atoms. The van der Waals surface area contributed by atoms with Crippen LogP contribution >= 0.6 is 0 Å². The number of carbonyl (C=O) groups is 1. The molecule has 6 nitrogen and oxygen atoms in total. The van der Waals surface area contributed by atoms with Crippen molar-refractivity contribution in [1.29, 1.82) is 0 Å². The second kappa shape index (κ2) is 10.3. The van der Waals surface area contributed by atoms with Gasteiger partial charge in [0.1, 0.15) is 11.8 Å². The minimum absolute atomic E-state index is 0.293. The third-order valence-electron chi connectivity index (χ3n) is 4.73. The number of hydrogen-bond donors (Lipinski definition) is 1. The van der Waals surface area contributed by atoms with Crippen LogP contribution in [0.25, 0.3) is 0 Å².